The van der Waals surface area contributed by atoms with Crippen molar-refractivity contribution in [3.63, 3.8) is 0 Å². The van der Waals surface area contributed by atoms with Crippen LogP contribution in [0.1, 0.15) is 37.5 Å². The molecule has 172 valence electrons. The number of halogens is 6. The molecule has 0 saturated heterocycles. The molecule has 0 radical (unpaired) electrons. The molecule has 2 aliphatic rings. The summed E-state index contributed by atoms with van der Waals surface area (Å²) >= 11 is 0. The highest BCUT2D eigenvalue weighted by Crippen LogP contribution is 2.54. The van der Waals surface area contributed by atoms with Crippen LogP contribution in [-0.2, 0) is 17.9 Å². The highest BCUT2D eigenvalue weighted by atomic mass is 19.4. The van der Waals surface area contributed by atoms with Gasteiger partial charge in [0, 0.05) is 0 Å². The number of amidine groups is 1. The van der Waals surface area contributed by atoms with Gasteiger partial charge in [0.25, 0.3) is 0 Å². The molecule has 0 N–H and O–H groups in total. The zero-order valence-electron chi connectivity index (χ0n) is 17.6. The molecule has 10 heteroatoms. The summed E-state index contributed by atoms with van der Waals surface area (Å²) in [6, 6.07) is 9.94. The standard InChI is InChI=1S/C23H17F6N3O/c1-12(2)21(14-8-15(22(24,25)26)10-16(9-14)23(27,28)29)17(11-30)13(3)31-20-32(21)18-6-4-5-7-19(18)33-20/h4-10,12H,1-3H3. The lowest BCUT2D eigenvalue weighted by atomic mass is 9.71. The fourth-order valence-electron chi connectivity index (χ4n) is 4.47. The fourth-order valence-corrected chi connectivity index (χ4v) is 4.47. The minimum Gasteiger partial charge on any atom is -0.423 e. The van der Waals surface area contributed by atoms with Gasteiger partial charge in [-0.25, -0.2) is 4.99 Å². The Labute approximate surface area is 185 Å². The van der Waals surface area contributed by atoms with Gasteiger partial charge in [-0.15, -0.1) is 0 Å². The van der Waals surface area contributed by atoms with Gasteiger partial charge < -0.3 is 4.74 Å². The average molecular weight is 465 g/mol. The number of para-hydroxylation sites is 2. The van der Waals surface area contributed by atoms with Crippen LogP contribution >= 0.6 is 0 Å². The van der Waals surface area contributed by atoms with E-state index in [1.54, 1.807) is 38.1 Å². The van der Waals surface area contributed by atoms with Crippen LogP contribution in [0.15, 0.2) is 58.7 Å². The van der Waals surface area contributed by atoms with Crippen LogP contribution in [0.5, 0.6) is 5.75 Å². The predicted octanol–water partition coefficient (Wildman–Crippen LogP) is 6.64. The lowest BCUT2D eigenvalue weighted by Crippen LogP contribution is -2.56. The molecule has 1 unspecified atom stereocenters. The summed E-state index contributed by atoms with van der Waals surface area (Å²) in [5.41, 5.74) is -4.51. The molecule has 2 aromatic carbocycles. The molecule has 33 heavy (non-hydrogen) atoms. The third kappa shape index (κ3) is 3.34. The first-order chi connectivity index (χ1) is 15.3. The van der Waals surface area contributed by atoms with Gasteiger partial charge in [0.1, 0.15) is 5.54 Å². The first-order valence-electron chi connectivity index (χ1n) is 9.89. The second-order valence-electron chi connectivity index (χ2n) is 8.09. The van der Waals surface area contributed by atoms with Crippen molar-refractivity contribution in [2.75, 3.05) is 4.90 Å². The van der Waals surface area contributed by atoms with Crippen molar-refractivity contribution in [3.05, 3.63) is 70.4 Å². The minimum atomic E-state index is -5.04. The number of rotatable bonds is 2. The summed E-state index contributed by atoms with van der Waals surface area (Å²) in [5, 5.41) is 10.0. The smallest absolute Gasteiger partial charge is 0.416 e. The zero-order chi connectivity index (χ0) is 24.3. The van der Waals surface area contributed by atoms with Crippen LogP contribution in [0.25, 0.3) is 0 Å². The SMILES string of the molecule is CC1=C(C#N)C(c2cc(C(F)(F)F)cc(C(F)(F)F)c2)(C(C)C)N2C(=N1)Oc1ccccc12. The summed E-state index contributed by atoms with van der Waals surface area (Å²) in [6.45, 7) is 4.73. The maximum absolute atomic E-state index is 13.7. The third-order valence-corrected chi connectivity index (χ3v) is 5.83. The van der Waals surface area contributed by atoms with Crippen LogP contribution in [0.4, 0.5) is 32.0 Å². The Hall–Kier alpha value is -3.48. The quantitative estimate of drug-likeness (QED) is 0.467. The van der Waals surface area contributed by atoms with E-state index in [-0.39, 0.29) is 28.9 Å². The lowest BCUT2D eigenvalue weighted by Gasteiger charge is -2.47. The van der Waals surface area contributed by atoms with Crippen LogP contribution in [-0.4, -0.2) is 6.02 Å². The molecule has 4 rings (SSSR count). The van der Waals surface area contributed by atoms with Gasteiger partial charge in [-0.1, -0.05) is 26.0 Å². The maximum Gasteiger partial charge on any atom is 0.416 e. The van der Waals surface area contributed by atoms with Crippen molar-refractivity contribution in [1.82, 2.24) is 0 Å². The van der Waals surface area contributed by atoms with E-state index < -0.39 is 34.9 Å². The monoisotopic (exact) mass is 465 g/mol. The molecule has 2 aliphatic heterocycles. The van der Waals surface area contributed by atoms with Crippen LogP contribution in [0.3, 0.4) is 0 Å². The Morgan fingerprint density at radius 3 is 2.09 bits per heavy atom. The number of benzene rings is 2. The van der Waals surface area contributed by atoms with Crippen LogP contribution in [0, 0.1) is 17.2 Å². The maximum atomic E-state index is 13.7. The predicted molar refractivity (Wildman–Crippen MR) is 108 cm³/mol. The zero-order valence-corrected chi connectivity index (χ0v) is 17.6. The molecule has 0 amide bonds. The molecular formula is C23H17F6N3O. The van der Waals surface area contributed by atoms with Crippen molar-refractivity contribution in [2.24, 2.45) is 10.9 Å². The Bertz CT molecular complexity index is 1200. The van der Waals surface area contributed by atoms with Gasteiger partial charge in [-0.2, -0.15) is 31.6 Å². The highest BCUT2D eigenvalue weighted by Gasteiger charge is 2.55. The lowest BCUT2D eigenvalue weighted by molar-refractivity contribution is -0.143. The van der Waals surface area contributed by atoms with Gasteiger partial charge in [0.2, 0.25) is 0 Å². The van der Waals surface area contributed by atoms with E-state index in [2.05, 4.69) is 4.99 Å². The molecule has 4 nitrogen and oxygen atoms in total. The third-order valence-electron chi connectivity index (χ3n) is 5.83. The van der Waals surface area contributed by atoms with E-state index in [9.17, 15) is 31.6 Å². The van der Waals surface area contributed by atoms with Crippen molar-refractivity contribution < 1.29 is 31.1 Å². The van der Waals surface area contributed by atoms with E-state index in [1.165, 1.54) is 11.8 Å². The number of hydrogen-bond donors (Lipinski definition) is 0. The molecular weight excluding hydrogens is 448 g/mol. The largest absolute Gasteiger partial charge is 0.423 e. The molecule has 1 atom stereocenters. The van der Waals surface area contributed by atoms with Crippen molar-refractivity contribution in [3.8, 4) is 11.8 Å². The molecule has 0 fully saturated rings. The summed E-state index contributed by atoms with van der Waals surface area (Å²) in [5.74, 6) is -0.330. The van der Waals surface area contributed by atoms with Crippen LogP contribution < -0.4 is 9.64 Å². The average Bonchev–Trinajstić information content (AvgIpc) is 3.09. The summed E-state index contributed by atoms with van der Waals surface area (Å²) < 4.78 is 87.9. The number of aliphatic imine (C=N–C) groups is 1. The number of nitriles is 1. The van der Waals surface area contributed by atoms with Gasteiger partial charge in [0.05, 0.1) is 34.2 Å². The van der Waals surface area contributed by atoms with E-state index in [4.69, 9.17) is 4.74 Å². The summed E-state index contributed by atoms with van der Waals surface area (Å²) in [6.07, 6.45) is -10.1. The van der Waals surface area contributed by atoms with E-state index in [0.717, 1.165) is 0 Å². The highest BCUT2D eigenvalue weighted by molar-refractivity contribution is 6.04. The first kappa shape index (κ1) is 22.7. The molecule has 2 heterocycles. The second-order valence-corrected chi connectivity index (χ2v) is 8.09. The summed E-state index contributed by atoms with van der Waals surface area (Å²) in [4.78, 5) is 5.71. The molecule has 2 aromatic rings. The number of ether oxygens (including phenoxy) is 1. The molecule has 0 spiro atoms. The van der Waals surface area contributed by atoms with Gasteiger partial charge >= 0.3 is 18.4 Å². The number of anilines is 1. The first-order valence-corrected chi connectivity index (χ1v) is 9.89. The topological polar surface area (TPSA) is 48.6 Å². The van der Waals surface area contributed by atoms with E-state index in [1.807, 2.05) is 6.07 Å². The van der Waals surface area contributed by atoms with E-state index >= 15 is 0 Å². The van der Waals surface area contributed by atoms with Crippen molar-refractivity contribution >= 4 is 11.7 Å². The van der Waals surface area contributed by atoms with Crippen molar-refractivity contribution in [2.45, 2.75) is 38.7 Å². The van der Waals surface area contributed by atoms with Gasteiger partial charge in [0.15, 0.2) is 5.75 Å². The Morgan fingerprint density at radius 2 is 1.58 bits per heavy atom. The van der Waals surface area contributed by atoms with Crippen LogP contribution in [0.2, 0.25) is 0 Å². The number of fused-ring (bicyclic) bond motifs is 3. The Morgan fingerprint density at radius 1 is 1.00 bits per heavy atom. The molecule has 0 saturated carbocycles. The number of hydrogen-bond acceptors (Lipinski definition) is 4. The number of alkyl halides is 6. The molecule has 0 aromatic heterocycles. The Balaban J connectivity index is 2.14. The molecule has 0 bridgehead atoms. The van der Waals surface area contributed by atoms with E-state index in [0.29, 0.717) is 23.6 Å². The number of nitrogens with zero attached hydrogens (tertiary/aromatic N) is 3. The molecule has 0 aliphatic carbocycles. The van der Waals surface area contributed by atoms with Gasteiger partial charge in [-0.3, -0.25) is 4.90 Å². The number of allylic oxidation sites excluding steroid dienone is 1. The normalized spacial score (nSPS) is 20.3. The fraction of sp³-hybridized carbons (Fsp3) is 0.304. The van der Waals surface area contributed by atoms with Crippen molar-refractivity contribution in [1.29, 1.82) is 5.26 Å². The Kier molecular flexibility index (Phi) is 5.00. The summed E-state index contributed by atoms with van der Waals surface area (Å²) in [7, 11) is 0. The second kappa shape index (κ2) is 7.27. The minimum absolute atomic E-state index is 0.0210. The van der Waals surface area contributed by atoms with Gasteiger partial charge in [-0.05, 0) is 48.7 Å².